The second kappa shape index (κ2) is 10.6. The Bertz CT molecular complexity index is 383. The number of benzene rings is 1. The molecule has 0 aliphatic rings. The van der Waals surface area contributed by atoms with Crippen LogP contribution in [0.25, 0.3) is 0 Å². The summed E-state index contributed by atoms with van der Waals surface area (Å²) in [6, 6.07) is 5.55. The van der Waals surface area contributed by atoms with E-state index in [-0.39, 0.29) is 24.0 Å². The second-order valence-corrected chi connectivity index (χ2v) is 4.56. The lowest BCUT2D eigenvalue weighted by atomic mass is 10.1. The molecule has 0 spiro atoms. The first-order valence-electron chi connectivity index (χ1n) is 6.14. The van der Waals surface area contributed by atoms with Gasteiger partial charge in [-0.15, -0.1) is 24.0 Å². The lowest BCUT2D eigenvalue weighted by molar-refractivity contribution is 0.833. The molecule has 0 radical (unpaired) electrons. The molecular formula is C13H20Cl2IN3. The third-order valence-corrected chi connectivity index (χ3v) is 3.09. The zero-order valence-corrected chi connectivity index (χ0v) is 15.0. The quantitative estimate of drug-likeness (QED) is 0.436. The summed E-state index contributed by atoms with van der Waals surface area (Å²) in [5.74, 6) is 0.822. The maximum Gasteiger partial charge on any atom is 0.191 e. The van der Waals surface area contributed by atoms with Crippen LogP contribution >= 0.6 is 47.2 Å². The molecule has 0 amide bonds. The summed E-state index contributed by atoms with van der Waals surface area (Å²) in [5.41, 5.74) is 0.955. The number of guanidine groups is 1. The number of hydrogen-bond acceptors (Lipinski definition) is 1. The largest absolute Gasteiger partial charge is 0.357 e. The summed E-state index contributed by atoms with van der Waals surface area (Å²) in [4.78, 5) is 4.46. The summed E-state index contributed by atoms with van der Waals surface area (Å²) in [7, 11) is 0. The first-order chi connectivity index (χ1) is 8.69. The van der Waals surface area contributed by atoms with E-state index in [0.29, 0.717) is 16.6 Å². The van der Waals surface area contributed by atoms with Gasteiger partial charge < -0.3 is 10.6 Å². The Morgan fingerprint density at radius 3 is 2.11 bits per heavy atom. The summed E-state index contributed by atoms with van der Waals surface area (Å²) >= 11 is 12.2. The van der Waals surface area contributed by atoms with E-state index in [0.717, 1.165) is 31.0 Å². The van der Waals surface area contributed by atoms with Crippen LogP contribution in [0.1, 0.15) is 19.4 Å². The smallest absolute Gasteiger partial charge is 0.191 e. The minimum Gasteiger partial charge on any atom is -0.357 e. The highest BCUT2D eigenvalue weighted by molar-refractivity contribution is 14.0. The molecule has 0 aliphatic heterocycles. The zero-order chi connectivity index (χ0) is 13.4. The number of nitrogens with one attached hydrogen (secondary N) is 2. The third kappa shape index (κ3) is 6.68. The predicted octanol–water partition coefficient (Wildman–Crippen LogP) is 3.73. The van der Waals surface area contributed by atoms with Gasteiger partial charge in [0.1, 0.15) is 0 Å². The van der Waals surface area contributed by atoms with Gasteiger partial charge in [-0.25, -0.2) is 0 Å². The van der Waals surface area contributed by atoms with Crippen LogP contribution in [0.5, 0.6) is 0 Å². The molecule has 0 fully saturated rings. The van der Waals surface area contributed by atoms with Crippen molar-refractivity contribution in [2.24, 2.45) is 4.99 Å². The lowest BCUT2D eigenvalue weighted by Crippen LogP contribution is -2.37. The molecule has 0 heterocycles. The van der Waals surface area contributed by atoms with E-state index < -0.39 is 0 Å². The number of hydrogen-bond donors (Lipinski definition) is 2. The van der Waals surface area contributed by atoms with Crippen LogP contribution in [0.2, 0.25) is 10.0 Å². The van der Waals surface area contributed by atoms with Crippen LogP contribution in [0.3, 0.4) is 0 Å². The molecule has 6 heteroatoms. The molecule has 0 unspecified atom stereocenters. The van der Waals surface area contributed by atoms with Gasteiger partial charge in [0.15, 0.2) is 5.96 Å². The highest BCUT2D eigenvalue weighted by atomic mass is 127. The zero-order valence-electron chi connectivity index (χ0n) is 11.2. The molecule has 3 nitrogen and oxygen atoms in total. The van der Waals surface area contributed by atoms with Crippen LogP contribution in [0.15, 0.2) is 23.2 Å². The molecule has 1 aromatic rings. The van der Waals surface area contributed by atoms with Crippen LogP contribution in [-0.2, 0) is 6.42 Å². The van der Waals surface area contributed by atoms with E-state index in [2.05, 4.69) is 15.6 Å². The topological polar surface area (TPSA) is 36.4 Å². The average molecular weight is 416 g/mol. The highest BCUT2D eigenvalue weighted by Crippen LogP contribution is 2.24. The SMILES string of the molecule is CCNC(=NCCc1c(Cl)cccc1Cl)NCC.I. The lowest BCUT2D eigenvalue weighted by Gasteiger charge is -2.09. The summed E-state index contributed by atoms with van der Waals surface area (Å²) in [6.07, 6.45) is 0.735. The summed E-state index contributed by atoms with van der Waals surface area (Å²) in [6.45, 7) is 6.42. The Labute approximate surface area is 142 Å². The van der Waals surface area contributed by atoms with Crippen molar-refractivity contribution in [3.63, 3.8) is 0 Å². The molecule has 1 rings (SSSR count). The predicted molar refractivity (Wildman–Crippen MR) is 95.2 cm³/mol. The molecule has 0 saturated carbocycles. The van der Waals surface area contributed by atoms with Crippen molar-refractivity contribution in [2.45, 2.75) is 20.3 Å². The van der Waals surface area contributed by atoms with E-state index >= 15 is 0 Å². The van der Waals surface area contributed by atoms with Crippen LogP contribution in [0.4, 0.5) is 0 Å². The Balaban J connectivity index is 0.00000324. The van der Waals surface area contributed by atoms with Gasteiger partial charge in [0, 0.05) is 29.7 Å². The summed E-state index contributed by atoms with van der Waals surface area (Å²) in [5, 5.41) is 7.74. The van der Waals surface area contributed by atoms with Gasteiger partial charge in [-0.1, -0.05) is 29.3 Å². The average Bonchev–Trinajstić information content (AvgIpc) is 2.33. The van der Waals surface area contributed by atoms with Crippen molar-refractivity contribution in [3.05, 3.63) is 33.8 Å². The van der Waals surface area contributed by atoms with Gasteiger partial charge in [0.2, 0.25) is 0 Å². The van der Waals surface area contributed by atoms with Crippen molar-refractivity contribution < 1.29 is 0 Å². The standard InChI is InChI=1S/C13H19Cl2N3.HI/c1-3-16-13(17-4-2)18-9-8-10-11(14)6-5-7-12(10)15;/h5-7H,3-4,8-9H2,1-2H3,(H2,16,17,18);1H. The fourth-order valence-electron chi connectivity index (χ4n) is 1.56. The van der Waals surface area contributed by atoms with Crippen LogP contribution in [-0.4, -0.2) is 25.6 Å². The minimum atomic E-state index is 0. The van der Waals surface area contributed by atoms with Gasteiger partial charge in [0.05, 0.1) is 0 Å². The number of aliphatic imine (C=N–C) groups is 1. The molecule has 1 aromatic carbocycles. The monoisotopic (exact) mass is 415 g/mol. The Morgan fingerprint density at radius 2 is 1.63 bits per heavy atom. The first-order valence-corrected chi connectivity index (χ1v) is 6.89. The van der Waals surface area contributed by atoms with Crippen LogP contribution in [0, 0.1) is 0 Å². The maximum atomic E-state index is 6.10. The second-order valence-electron chi connectivity index (χ2n) is 3.74. The molecule has 0 bridgehead atoms. The molecular weight excluding hydrogens is 396 g/mol. The number of halogens is 3. The molecule has 2 N–H and O–H groups in total. The van der Waals surface area contributed by atoms with Gasteiger partial charge in [-0.2, -0.15) is 0 Å². The normalized spacial score (nSPS) is 9.47. The summed E-state index contributed by atoms with van der Waals surface area (Å²) < 4.78 is 0. The van der Waals surface area contributed by atoms with Gasteiger partial charge in [-0.05, 0) is 38.0 Å². The van der Waals surface area contributed by atoms with Gasteiger partial charge >= 0.3 is 0 Å². The fraction of sp³-hybridized carbons (Fsp3) is 0.462. The van der Waals surface area contributed by atoms with Crippen molar-refractivity contribution in [3.8, 4) is 0 Å². The minimum absolute atomic E-state index is 0. The third-order valence-electron chi connectivity index (χ3n) is 2.38. The number of nitrogens with zero attached hydrogens (tertiary/aromatic N) is 1. The molecule has 19 heavy (non-hydrogen) atoms. The number of rotatable bonds is 5. The fourth-order valence-corrected chi connectivity index (χ4v) is 2.15. The van der Waals surface area contributed by atoms with Crippen molar-refractivity contribution >= 4 is 53.1 Å². The van der Waals surface area contributed by atoms with E-state index in [9.17, 15) is 0 Å². The van der Waals surface area contributed by atoms with E-state index in [1.807, 2.05) is 32.0 Å². The Hall–Kier alpha value is -0.200. The molecule has 0 aromatic heterocycles. The molecule has 0 atom stereocenters. The van der Waals surface area contributed by atoms with E-state index in [1.165, 1.54) is 0 Å². The first kappa shape index (κ1) is 18.8. The Kier molecular flexibility index (Phi) is 10.5. The van der Waals surface area contributed by atoms with Crippen molar-refractivity contribution in [1.82, 2.24) is 10.6 Å². The molecule has 0 saturated heterocycles. The maximum absolute atomic E-state index is 6.10. The van der Waals surface area contributed by atoms with Crippen LogP contribution < -0.4 is 10.6 Å². The van der Waals surface area contributed by atoms with Crippen molar-refractivity contribution in [2.75, 3.05) is 19.6 Å². The Morgan fingerprint density at radius 1 is 1.11 bits per heavy atom. The van der Waals surface area contributed by atoms with Gasteiger partial charge in [-0.3, -0.25) is 4.99 Å². The van der Waals surface area contributed by atoms with Crippen molar-refractivity contribution in [1.29, 1.82) is 0 Å². The molecule has 108 valence electrons. The van der Waals surface area contributed by atoms with E-state index in [4.69, 9.17) is 23.2 Å². The highest BCUT2D eigenvalue weighted by Gasteiger charge is 2.04. The van der Waals surface area contributed by atoms with Gasteiger partial charge in [0.25, 0.3) is 0 Å². The van der Waals surface area contributed by atoms with E-state index in [1.54, 1.807) is 0 Å². The molecule has 0 aliphatic carbocycles.